The van der Waals surface area contributed by atoms with Crippen LogP contribution in [0.4, 0.5) is 0 Å². The molecule has 2 aromatic heterocycles. The maximum absolute atomic E-state index is 9.64. The third-order valence-corrected chi connectivity index (χ3v) is 5.65. The molecule has 0 radical (unpaired) electrons. The molecule has 3 heterocycles. The molecule has 2 N–H and O–H groups in total. The lowest BCUT2D eigenvalue weighted by molar-refractivity contribution is 0.00607. The number of fused-ring (bicyclic) bond motifs is 3. The monoisotopic (exact) mass is 393 g/mol. The van der Waals surface area contributed by atoms with E-state index in [-0.39, 0.29) is 18.1 Å². The van der Waals surface area contributed by atoms with Gasteiger partial charge in [0, 0.05) is 30.5 Å². The van der Waals surface area contributed by atoms with Crippen LogP contribution in [-0.4, -0.2) is 45.1 Å². The molecular weight excluding hydrogens is 366 g/mol. The lowest BCUT2D eigenvalue weighted by atomic mass is 10.0. The first kappa shape index (κ1) is 19.8. The first-order valence-corrected chi connectivity index (χ1v) is 10.2. The van der Waals surface area contributed by atoms with E-state index in [1.807, 2.05) is 18.3 Å². The Kier molecular flexibility index (Phi) is 5.50. The van der Waals surface area contributed by atoms with Gasteiger partial charge in [0.25, 0.3) is 0 Å². The standard InChI is InChI=1S/C22H27N5O2/c1-13(11-24-15(3)28)22-26-20-12-25-19-5-4-16(10-23)9-18(19)21(20)27(22)17-6-7-29-14(2)8-17/h4-5,9,12-15,17,24,28H,6-8,11H2,1-3H3/t13-,14-,15?,17-/m1/s1. The number of nitrogens with zero attached hydrogens (tertiary/aromatic N) is 4. The Morgan fingerprint density at radius 2 is 2.21 bits per heavy atom. The minimum absolute atomic E-state index is 0.101. The van der Waals surface area contributed by atoms with Crippen LogP contribution in [0, 0.1) is 11.3 Å². The van der Waals surface area contributed by atoms with Crippen molar-refractivity contribution in [3.05, 3.63) is 35.8 Å². The Morgan fingerprint density at radius 3 is 2.93 bits per heavy atom. The number of imidazole rings is 1. The van der Waals surface area contributed by atoms with Gasteiger partial charge in [0.1, 0.15) is 17.6 Å². The average Bonchev–Trinajstić information content (AvgIpc) is 3.11. The fourth-order valence-electron chi connectivity index (χ4n) is 4.23. The summed E-state index contributed by atoms with van der Waals surface area (Å²) in [6, 6.07) is 8.11. The van der Waals surface area contributed by atoms with Crippen LogP contribution in [0.3, 0.4) is 0 Å². The molecule has 0 aliphatic carbocycles. The summed E-state index contributed by atoms with van der Waals surface area (Å²) in [7, 11) is 0. The zero-order chi connectivity index (χ0) is 20.5. The summed E-state index contributed by atoms with van der Waals surface area (Å²) >= 11 is 0. The van der Waals surface area contributed by atoms with Crippen LogP contribution in [0.25, 0.3) is 21.9 Å². The fraction of sp³-hybridized carbons (Fsp3) is 0.500. The number of ether oxygens (including phenoxy) is 1. The summed E-state index contributed by atoms with van der Waals surface area (Å²) in [6.45, 7) is 7.28. The van der Waals surface area contributed by atoms with E-state index in [0.29, 0.717) is 12.1 Å². The Balaban J connectivity index is 1.93. The highest BCUT2D eigenvalue weighted by atomic mass is 16.5. The van der Waals surface area contributed by atoms with Crippen molar-refractivity contribution in [2.75, 3.05) is 13.2 Å². The van der Waals surface area contributed by atoms with Gasteiger partial charge in [-0.15, -0.1) is 0 Å². The minimum atomic E-state index is -0.570. The summed E-state index contributed by atoms with van der Waals surface area (Å²) < 4.78 is 8.13. The van der Waals surface area contributed by atoms with E-state index in [1.165, 1.54) is 0 Å². The summed E-state index contributed by atoms with van der Waals surface area (Å²) in [5, 5.41) is 23.1. The third-order valence-electron chi connectivity index (χ3n) is 5.65. The second-order valence-electron chi connectivity index (χ2n) is 8.02. The molecule has 4 rings (SSSR count). The lowest BCUT2D eigenvalue weighted by Gasteiger charge is -2.31. The van der Waals surface area contributed by atoms with E-state index in [2.05, 4.69) is 34.8 Å². The lowest BCUT2D eigenvalue weighted by Crippen LogP contribution is -2.31. The highest BCUT2D eigenvalue weighted by molar-refractivity contribution is 6.03. The minimum Gasteiger partial charge on any atom is -0.379 e. The third kappa shape index (κ3) is 3.84. The summed E-state index contributed by atoms with van der Waals surface area (Å²) in [4.78, 5) is 9.52. The summed E-state index contributed by atoms with van der Waals surface area (Å²) in [5.74, 6) is 1.08. The molecular formula is C22H27N5O2. The number of aliphatic hydroxyl groups excluding tert-OH is 1. The van der Waals surface area contributed by atoms with Crippen LogP contribution in [0.5, 0.6) is 0 Å². The van der Waals surface area contributed by atoms with Crippen LogP contribution in [0.2, 0.25) is 0 Å². The van der Waals surface area contributed by atoms with Gasteiger partial charge in [-0.1, -0.05) is 6.92 Å². The molecule has 0 amide bonds. The molecule has 0 spiro atoms. The van der Waals surface area contributed by atoms with Gasteiger partial charge >= 0.3 is 0 Å². The van der Waals surface area contributed by atoms with Crippen molar-refractivity contribution in [3.63, 3.8) is 0 Å². The van der Waals surface area contributed by atoms with Gasteiger partial charge in [-0.25, -0.2) is 4.98 Å². The molecule has 1 aliphatic rings. The van der Waals surface area contributed by atoms with Gasteiger partial charge in [0.2, 0.25) is 0 Å². The number of pyridine rings is 1. The molecule has 29 heavy (non-hydrogen) atoms. The summed E-state index contributed by atoms with van der Waals surface area (Å²) in [5.41, 5.74) is 3.35. The van der Waals surface area contributed by atoms with Crippen molar-refractivity contribution in [2.24, 2.45) is 0 Å². The van der Waals surface area contributed by atoms with Gasteiger partial charge in [-0.2, -0.15) is 5.26 Å². The number of benzene rings is 1. The number of nitrogens with one attached hydrogen (secondary N) is 1. The van der Waals surface area contributed by atoms with Crippen molar-refractivity contribution in [2.45, 2.75) is 57.9 Å². The Bertz CT molecular complexity index is 1070. The predicted octanol–water partition coefficient (Wildman–Crippen LogP) is 3.23. The van der Waals surface area contributed by atoms with Gasteiger partial charge in [0.05, 0.1) is 35.0 Å². The second kappa shape index (κ2) is 8.07. The molecule has 7 heteroatoms. The largest absolute Gasteiger partial charge is 0.379 e. The highest BCUT2D eigenvalue weighted by Crippen LogP contribution is 2.35. The maximum Gasteiger partial charge on any atom is 0.114 e. The molecule has 1 unspecified atom stereocenters. The smallest absolute Gasteiger partial charge is 0.114 e. The van der Waals surface area contributed by atoms with E-state index in [9.17, 15) is 10.4 Å². The van der Waals surface area contributed by atoms with Crippen LogP contribution in [-0.2, 0) is 4.74 Å². The first-order chi connectivity index (χ1) is 14.0. The molecule has 152 valence electrons. The van der Waals surface area contributed by atoms with Gasteiger partial charge < -0.3 is 14.4 Å². The molecule has 0 bridgehead atoms. The molecule has 3 aromatic rings. The normalized spacial score (nSPS) is 21.9. The fourth-order valence-corrected chi connectivity index (χ4v) is 4.23. The molecule has 1 aliphatic heterocycles. The second-order valence-corrected chi connectivity index (χ2v) is 8.02. The maximum atomic E-state index is 9.64. The molecule has 4 atom stereocenters. The van der Waals surface area contributed by atoms with Gasteiger partial charge in [-0.05, 0) is 44.9 Å². The number of nitriles is 1. The quantitative estimate of drug-likeness (QED) is 0.646. The Labute approximate surface area is 170 Å². The van der Waals surface area contributed by atoms with E-state index in [0.717, 1.165) is 47.2 Å². The molecule has 7 nitrogen and oxygen atoms in total. The van der Waals surface area contributed by atoms with E-state index in [1.54, 1.807) is 13.0 Å². The van der Waals surface area contributed by atoms with E-state index in [4.69, 9.17) is 9.72 Å². The van der Waals surface area contributed by atoms with Crippen molar-refractivity contribution < 1.29 is 9.84 Å². The Hall–Kier alpha value is -2.53. The van der Waals surface area contributed by atoms with Crippen LogP contribution < -0.4 is 5.32 Å². The SMILES string of the molecule is CC(O)NC[C@@H](C)c1nc2cnc3ccc(C#N)cc3c2n1[C@@H]1CCO[C@H](C)C1. The van der Waals surface area contributed by atoms with E-state index >= 15 is 0 Å². The Morgan fingerprint density at radius 1 is 1.38 bits per heavy atom. The van der Waals surface area contributed by atoms with Crippen LogP contribution in [0.1, 0.15) is 57.0 Å². The van der Waals surface area contributed by atoms with Gasteiger partial charge in [-0.3, -0.25) is 10.3 Å². The molecule has 1 aromatic carbocycles. The number of rotatable bonds is 5. The number of hydrogen-bond acceptors (Lipinski definition) is 6. The highest BCUT2D eigenvalue weighted by Gasteiger charge is 2.28. The first-order valence-electron chi connectivity index (χ1n) is 10.2. The number of aliphatic hydroxyl groups is 1. The van der Waals surface area contributed by atoms with Gasteiger partial charge in [0.15, 0.2) is 0 Å². The zero-order valence-electron chi connectivity index (χ0n) is 17.1. The predicted molar refractivity (Wildman–Crippen MR) is 112 cm³/mol. The molecule has 1 saturated heterocycles. The zero-order valence-corrected chi connectivity index (χ0v) is 17.1. The van der Waals surface area contributed by atoms with Crippen LogP contribution in [0.15, 0.2) is 24.4 Å². The van der Waals surface area contributed by atoms with Crippen LogP contribution >= 0.6 is 0 Å². The number of hydrogen-bond donors (Lipinski definition) is 2. The number of aromatic nitrogens is 3. The summed E-state index contributed by atoms with van der Waals surface area (Å²) in [6.07, 6.45) is 3.27. The average molecular weight is 393 g/mol. The van der Waals surface area contributed by atoms with E-state index < -0.39 is 6.23 Å². The van der Waals surface area contributed by atoms with Crippen molar-refractivity contribution in [3.8, 4) is 6.07 Å². The van der Waals surface area contributed by atoms with Crippen molar-refractivity contribution in [1.29, 1.82) is 5.26 Å². The molecule has 0 saturated carbocycles. The van der Waals surface area contributed by atoms with Crippen molar-refractivity contribution >= 4 is 21.9 Å². The topological polar surface area (TPSA) is 96.0 Å². The molecule has 1 fully saturated rings. The van der Waals surface area contributed by atoms with Crippen molar-refractivity contribution in [1.82, 2.24) is 19.9 Å².